The number of halogens is 3. The van der Waals surface area contributed by atoms with Crippen LogP contribution in [0.25, 0.3) is 0 Å². The van der Waals surface area contributed by atoms with Gasteiger partial charge in [-0.2, -0.15) is 18.3 Å². The van der Waals surface area contributed by atoms with Gasteiger partial charge in [0.2, 0.25) is 5.91 Å². The van der Waals surface area contributed by atoms with E-state index in [9.17, 15) is 18.0 Å². The van der Waals surface area contributed by atoms with Crippen LogP contribution >= 0.6 is 0 Å². The van der Waals surface area contributed by atoms with E-state index in [-0.39, 0.29) is 0 Å². The van der Waals surface area contributed by atoms with E-state index < -0.39 is 24.2 Å². The minimum absolute atomic E-state index is 0.307. The lowest BCUT2D eigenvalue weighted by Crippen LogP contribution is -2.58. The molecule has 1 saturated heterocycles. The Morgan fingerprint density at radius 2 is 2.19 bits per heavy atom. The maximum atomic E-state index is 12.8. The summed E-state index contributed by atoms with van der Waals surface area (Å²) in [5.74, 6) is -0.634. The van der Waals surface area contributed by atoms with E-state index in [2.05, 4.69) is 20.3 Å². The fourth-order valence-electron chi connectivity index (χ4n) is 3.57. The zero-order valence-corrected chi connectivity index (χ0v) is 15.3. The van der Waals surface area contributed by atoms with Gasteiger partial charge in [0, 0.05) is 43.8 Å². The van der Waals surface area contributed by atoms with Crippen LogP contribution < -0.4 is 5.32 Å². The van der Waals surface area contributed by atoms with Gasteiger partial charge in [-0.15, -0.1) is 0 Å². The molecule has 1 amide bonds. The summed E-state index contributed by atoms with van der Waals surface area (Å²) < 4.78 is 41.2. The standard InChI is InChI=1S/C17H23F3N6O/c1-13-14(8-23-24(13)2)9-25-6-3-4-16(11-25,26-7-5-21-12-26)15(27)22-10-17(18,19)20/h5,7-8,12H,3-4,6,9-11H2,1-2H3,(H,22,27). The van der Waals surface area contributed by atoms with Gasteiger partial charge in [0.05, 0.1) is 12.5 Å². The van der Waals surface area contributed by atoms with E-state index >= 15 is 0 Å². The minimum atomic E-state index is -4.45. The van der Waals surface area contributed by atoms with Crippen LogP contribution in [0.1, 0.15) is 24.1 Å². The van der Waals surface area contributed by atoms with Crippen molar-refractivity contribution >= 4 is 5.91 Å². The average molecular weight is 384 g/mol. The molecule has 2 aromatic rings. The highest BCUT2D eigenvalue weighted by molar-refractivity contribution is 5.85. The minimum Gasteiger partial charge on any atom is -0.345 e. The molecule has 0 aromatic carbocycles. The van der Waals surface area contributed by atoms with E-state index in [0.717, 1.165) is 17.8 Å². The molecule has 3 heterocycles. The third kappa shape index (κ3) is 4.15. The number of piperidine rings is 1. The Balaban J connectivity index is 1.82. The topological polar surface area (TPSA) is 68.0 Å². The molecule has 148 valence electrons. The summed E-state index contributed by atoms with van der Waals surface area (Å²) in [6, 6.07) is 0. The number of rotatable bonds is 5. The van der Waals surface area contributed by atoms with Crippen LogP contribution in [0, 0.1) is 6.92 Å². The van der Waals surface area contributed by atoms with E-state index in [1.165, 1.54) is 12.5 Å². The number of hydrogen-bond acceptors (Lipinski definition) is 4. The predicted molar refractivity (Wildman–Crippen MR) is 91.7 cm³/mol. The Bertz CT molecular complexity index is 785. The molecular formula is C17H23F3N6O. The van der Waals surface area contributed by atoms with Crippen LogP contribution in [-0.4, -0.2) is 55.9 Å². The molecule has 0 saturated carbocycles. The molecule has 10 heteroatoms. The van der Waals surface area contributed by atoms with Crippen LogP contribution in [0.2, 0.25) is 0 Å². The monoisotopic (exact) mass is 384 g/mol. The van der Waals surface area contributed by atoms with Crippen LogP contribution in [0.3, 0.4) is 0 Å². The number of carbonyl (C=O) groups is 1. The van der Waals surface area contributed by atoms with E-state index in [1.54, 1.807) is 21.6 Å². The van der Waals surface area contributed by atoms with Crippen molar-refractivity contribution in [3.63, 3.8) is 0 Å². The maximum Gasteiger partial charge on any atom is 0.405 e. The van der Waals surface area contributed by atoms with Gasteiger partial charge in [-0.05, 0) is 26.3 Å². The van der Waals surface area contributed by atoms with E-state index in [0.29, 0.717) is 25.9 Å². The van der Waals surface area contributed by atoms with Crippen molar-refractivity contribution in [3.8, 4) is 0 Å². The summed E-state index contributed by atoms with van der Waals surface area (Å²) in [5, 5.41) is 6.30. The molecule has 1 unspecified atom stereocenters. The molecule has 7 nitrogen and oxygen atoms in total. The highest BCUT2D eigenvalue weighted by Crippen LogP contribution is 2.31. The van der Waals surface area contributed by atoms with Gasteiger partial charge in [-0.3, -0.25) is 14.4 Å². The summed E-state index contributed by atoms with van der Waals surface area (Å²) in [6.07, 6.45) is 3.13. The Labute approximate surface area is 155 Å². The molecule has 2 aromatic heterocycles. The number of aryl methyl sites for hydroxylation is 1. The molecule has 1 aliphatic rings. The van der Waals surface area contributed by atoms with Crippen LogP contribution in [0.4, 0.5) is 13.2 Å². The zero-order chi connectivity index (χ0) is 19.7. The van der Waals surface area contributed by atoms with Crippen molar-refractivity contribution < 1.29 is 18.0 Å². The van der Waals surface area contributed by atoms with Gasteiger partial charge < -0.3 is 9.88 Å². The van der Waals surface area contributed by atoms with Crippen molar-refractivity contribution in [2.24, 2.45) is 7.05 Å². The first-order valence-corrected chi connectivity index (χ1v) is 8.74. The van der Waals surface area contributed by atoms with Crippen molar-refractivity contribution in [3.05, 3.63) is 36.2 Å². The molecule has 3 rings (SSSR count). The summed E-state index contributed by atoms with van der Waals surface area (Å²) in [5.41, 5.74) is 0.945. The summed E-state index contributed by atoms with van der Waals surface area (Å²) >= 11 is 0. The number of amides is 1. The molecule has 1 N–H and O–H groups in total. The zero-order valence-electron chi connectivity index (χ0n) is 15.3. The Hall–Kier alpha value is -2.36. The first kappa shape index (κ1) is 19.4. The summed E-state index contributed by atoms with van der Waals surface area (Å²) in [6.45, 7) is 2.27. The largest absolute Gasteiger partial charge is 0.405 e. The molecule has 1 atom stereocenters. The fourth-order valence-corrected chi connectivity index (χ4v) is 3.57. The van der Waals surface area contributed by atoms with Crippen LogP contribution in [-0.2, 0) is 23.9 Å². The number of imidazole rings is 1. The lowest BCUT2D eigenvalue weighted by molar-refractivity contribution is -0.146. The first-order chi connectivity index (χ1) is 12.7. The van der Waals surface area contributed by atoms with Gasteiger partial charge in [-0.25, -0.2) is 4.98 Å². The van der Waals surface area contributed by atoms with Gasteiger partial charge in [-0.1, -0.05) is 0 Å². The molecule has 0 aliphatic carbocycles. The molecule has 0 bridgehead atoms. The number of hydrogen-bond donors (Lipinski definition) is 1. The lowest BCUT2D eigenvalue weighted by atomic mass is 9.87. The second-order valence-electron chi connectivity index (χ2n) is 6.99. The molecule has 27 heavy (non-hydrogen) atoms. The first-order valence-electron chi connectivity index (χ1n) is 8.74. The SMILES string of the molecule is Cc1c(CN2CCCC(C(=O)NCC(F)(F)F)(n3ccnc3)C2)cnn1C. The molecule has 0 radical (unpaired) electrons. The predicted octanol–water partition coefficient (Wildman–Crippen LogP) is 1.59. The van der Waals surface area contributed by atoms with Crippen molar-refractivity contribution in [2.45, 2.75) is 38.0 Å². The normalized spacial score (nSPS) is 21.4. The van der Waals surface area contributed by atoms with Crippen LogP contribution in [0.5, 0.6) is 0 Å². The molecular weight excluding hydrogens is 361 g/mol. The smallest absolute Gasteiger partial charge is 0.345 e. The van der Waals surface area contributed by atoms with Crippen LogP contribution in [0.15, 0.2) is 24.9 Å². The molecule has 1 aliphatic heterocycles. The molecule has 1 fully saturated rings. The molecule has 0 spiro atoms. The average Bonchev–Trinajstić information content (AvgIpc) is 3.26. The van der Waals surface area contributed by atoms with Gasteiger partial charge in [0.25, 0.3) is 0 Å². The van der Waals surface area contributed by atoms with Crippen molar-refractivity contribution in [1.82, 2.24) is 29.5 Å². The lowest BCUT2D eigenvalue weighted by Gasteiger charge is -2.42. The Kier molecular flexibility index (Phi) is 5.27. The third-order valence-corrected chi connectivity index (χ3v) is 5.15. The number of aromatic nitrogens is 4. The highest BCUT2D eigenvalue weighted by Gasteiger charge is 2.44. The quantitative estimate of drug-likeness (QED) is 0.850. The highest BCUT2D eigenvalue weighted by atomic mass is 19.4. The number of alkyl halides is 3. The summed E-state index contributed by atoms with van der Waals surface area (Å²) in [4.78, 5) is 18.9. The maximum absolute atomic E-state index is 12.8. The van der Waals surface area contributed by atoms with E-state index in [4.69, 9.17) is 0 Å². The summed E-state index contributed by atoms with van der Waals surface area (Å²) in [7, 11) is 1.86. The Morgan fingerprint density at radius 3 is 2.78 bits per heavy atom. The van der Waals surface area contributed by atoms with Gasteiger partial charge in [0.1, 0.15) is 12.1 Å². The van der Waals surface area contributed by atoms with Crippen molar-refractivity contribution in [1.29, 1.82) is 0 Å². The van der Waals surface area contributed by atoms with Gasteiger partial charge in [0.15, 0.2) is 0 Å². The third-order valence-electron chi connectivity index (χ3n) is 5.15. The van der Waals surface area contributed by atoms with E-state index in [1.807, 2.05) is 14.0 Å². The number of nitrogens with zero attached hydrogens (tertiary/aromatic N) is 5. The number of carbonyl (C=O) groups excluding carboxylic acids is 1. The second kappa shape index (κ2) is 7.34. The number of nitrogens with one attached hydrogen (secondary N) is 1. The number of likely N-dealkylation sites (tertiary alicyclic amines) is 1. The fraction of sp³-hybridized carbons (Fsp3) is 0.588. The van der Waals surface area contributed by atoms with Crippen molar-refractivity contribution in [2.75, 3.05) is 19.6 Å². The Morgan fingerprint density at radius 1 is 1.41 bits per heavy atom. The second-order valence-corrected chi connectivity index (χ2v) is 6.99. The van der Waals surface area contributed by atoms with Gasteiger partial charge >= 0.3 is 6.18 Å².